The molecule has 1 saturated heterocycles. The van der Waals surface area contributed by atoms with Gasteiger partial charge in [-0.25, -0.2) is 4.98 Å². The third kappa shape index (κ3) is 3.30. The minimum atomic E-state index is 0.505. The van der Waals surface area contributed by atoms with Crippen molar-refractivity contribution in [3.8, 4) is 0 Å². The summed E-state index contributed by atoms with van der Waals surface area (Å²) in [7, 11) is 0. The van der Waals surface area contributed by atoms with E-state index in [-0.39, 0.29) is 0 Å². The van der Waals surface area contributed by atoms with E-state index in [1.54, 1.807) is 6.07 Å². The van der Waals surface area contributed by atoms with Crippen molar-refractivity contribution in [1.82, 2.24) is 9.88 Å². The van der Waals surface area contributed by atoms with Crippen LogP contribution in [0.1, 0.15) is 20.8 Å². The summed E-state index contributed by atoms with van der Waals surface area (Å²) in [5, 5.41) is 4.36. The van der Waals surface area contributed by atoms with E-state index < -0.39 is 0 Å². The maximum absolute atomic E-state index is 6.32. The number of hydrogen-bond donors (Lipinski definition) is 1. The number of hydrogen-bond acceptors (Lipinski definition) is 4. The summed E-state index contributed by atoms with van der Waals surface area (Å²) in [6.45, 7) is 11.2. The Balaban J connectivity index is 2.22. The molecular formula is C14H22Cl2N4. The molecule has 4 nitrogen and oxygen atoms in total. The van der Waals surface area contributed by atoms with Gasteiger partial charge in [0.15, 0.2) is 0 Å². The van der Waals surface area contributed by atoms with Crippen molar-refractivity contribution >= 4 is 34.8 Å². The largest absolute Gasteiger partial charge is 0.369 e. The van der Waals surface area contributed by atoms with Gasteiger partial charge in [-0.1, -0.05) is 30.1 Å². The van der Waals surface area contributed by atoms with Crippen molar-refractivity contribution < 1.29 is 0 Å². The molecule has 1 aromatic rings. The predicted octanol–water partition coefficient (Wildman–Crippen LogP) is 3.35. The van der Waals surface area contributed by atoms with Gasteiger partial charge in [-0.05, 0) is 26.5 Å². The molecule has 0 bridgehead atoms. The third-order valence-corrected chi connectivity index (χ3v) is 4.29. The molecule has 1 N–H and O–H groups in total. The molecule has 1 atom stereocenters. The molecule has 6 heteroatoms. The molecule has 1 aromatic heterocycles. The molecule has 0 amide bonds. The van der Waals surface area contributed by atoms with Crippen LogP contribution in [0.3, 0.4) is 0 Å². The first-order valence-electron chi connectivity index (χ1n) is 7.15. The Morgan fingerprint density at radius 1 is 1.30 bits per heavy atom. The second-order valence-corrected chi connectivity index (χ2v) is 5.89. The van der Waals surface area contributed by atoms with Crippen molar-refractivity contribution in [2.24, 2.45) is 0 Å². The van der Waals surface area contributed by atoms with Crippen molar-refractivity contribution in [3.63, 3.8) is 0 Å². The number of anilines is 2. The third-order valence-electron chi connectivity index (χ3n) is 3.73. The van der Waals surface area contributed by atoms with Crippen LogP contribution in [0, 0.1) is 0 Å². The van der Waals surface area contributed by atoms with Crippen LogP contribution in [0.25, 0.3) is 0 Å². The van der Waals surface area contributed by atoms with Gasteiger partial charge < -0.3 is 10.2 Å². The van der Waals surface area contributed by atoms with Crippen LogP contribution in [-0.4, -0.2) is 48.6 Å². The summed E-state index contributed by atoms with van der Waals surface area (Å²) in [6, 6.07) is 2.28. The van der Waals surface area contributed by atoms with E-state index in [2.05, 4.69) is 33.9 Å². The first kappa shape index (κ1) is 15.7. The van der Waals surface area contributed by atoms with Gasteiger partial charge >= 0.3 is 0 Å². The Hall–Kier alpha value is -0.710. The van der Waals surface area contributed by atoms with Crippen LogP contribution < -0.4 is 10.2 Å². The minimum Gasteiger partial charge on any atom is -0.369 e. The number of halogens is 2. The number of rotatable bonds is 4. The number of nitrogens with one attached hydrogen (secondary N) is 1. The van der Waals surface area contributed by atoms with Crippen LogP contribution in [0.5, 0.6) is 0 Å². The smallest absolute Gasteiger partial charge is 0.150 e. The fraction of sp³-hybridized carbons (Fsp3) is 0.643. The highest BCUT2D eigenvalue weighted by Gasteiger charge is 2.25. The Morgan fingerprint density at radius 3 is 2.65 bits per heavy atom. The molecule has 0 aromatic carbocycles. The van der Waals surface area contributed by atoms with Gasteiger partial charge in [-0.3, -0.25) is 4.90 Å². The van der Waals surface area contributed by atoms with Crippen LogP contribution in [0.4, 0.5) is 11.6 Å². The van der Waals surface area contributed by atoms with Gasteiger partial charge in [0, 0.05) is 32.2 Å². The van der Waals surface area contributed by atoms with Gasteiger partial charge in [0.05, 0.1) is 10.0 Å². The van der Waals surface area contributed by atoms with Crippen LogP contribution in [-0.2, 0) is 0 Å². The lowest BCUT2D eigenvalue weighted by atomic mass is 10.2. The lowest BCUT2D eigenvalue weighted by Crippen LogP contribution is -2.52. The highest BCUT2D eigenvalue weighted by molar-refractivity contribution is 6.37. The number of piperazine rings is 1. The Kier molecular flexibility index (Phi) is 5.35. The van der Waals surface area contributed by atoms with E-state index >= 15 is 0 Å². The summed E-state index contributed by atoms with van der Waals surface area (Å²) >= 11 is 12.5. The minimum absolute atomic E-state index is 0.505. The molecule has 112 valence electrons. The topological polar surface area (TPSA) is 31.4 Å². The van der Waals surface area contributed by atoms with Gasteiger partial charge in [0.2, 0.25) is 0 Å². The standard InChI is InChI=1S/C14H22Cl2N4/c1-4-17-13-11(15)8-12(16)14(18-13)20-7-6-19(5-2)10(3)9-20/h8,10H,4-7,9H2,1-3H3,(H,17,18). The van der Waals surface area contributed by atoms with E-state index in [0.29, 0.717) is 21.9 Å². The fourth-order valence-electron chi connectivity index (χ4n) is 2.63. The second-order valence-electron chi connectivity index (χ2n) is 5.08. The SMILES string of the molecule is CCNc1nc(N2CCN(CC)C(C)C2)c(Cl)cc1Cl. The summed E-state index contributed by atoms with van der Waals surface area (Å²) < 4.78 is 0. The van der Waals surface area contributed by atoms with E-state index in [9.17, 15) is 0 Å². The van der Waals surface area contributed by atoms with Crippen LogP contribution in [0.2, 0.25) is 10.0 Å². The molecule has 2 heterocycles. The van der Waals surface area contributed by atoms with Gasteiger partial charge in [0.25, 0.3) is 0 Å². The number of likely N-dealkylation sites (N-methyl/N-ethyl adjacent to an activating group) is 1. The van der Waals surface area contributed by atoms with Crippen molar-refractivity contribution in [1.29, 1.82) is 0 Å². The molecule has 2 rings (SSSR count). The highest BCUT2D eigenvalue weighted by Crippen LogP contribution is 2.32. The highest BCUT2D eigenvalue weighted by atomic mass is 35.5. The maximum atomic E-state index is 6.32. The lowest BCUT2D eigenvalue weighted by Gasteiger charge is -2.40. The Bertz CT molecular complexity index is 467. The van der Waals surface area contributed by atoms with Crippen molar-refractivity contribution in [3.05, 3.63) is 16.1 Å². The summed E-state index contributed by atoms with van der Waals surface area (Å²) in [6.07, 6.45) is 0. The van der Waals surface area contributed by atoms with Gasteiger partial charge in [0.1, 0.15) is 11.6 Å². The lowest BCUT2D eigenvalue weighted by molar-refractivity contribution is 0.199. The molecule has 1 unspecified atom stereocenters. The summed E-state index contributed by atoms with van der Waals surface area (Å²) in [5.74, 6) is 1.54. The van der Waals surface area contributed by atoms with Crippen molar-refractivity contribution in [2.75, 3.05) is 42.9 Å². The normalized spacial score (nSPS) is 20.2. The predicted molar refractivity (Wildman–Crippen MR) is 87.3 cm³/mol. The molecule has 0 aliphatic carbocycles. The summed E-state index contributed by atoms with van der Waals surface area (Å²) in [4.78, 5) is 9.31. The molecule has 0 radical (unpaired) electrons. The van der Waals surface area contributed by atoms with Crippen molar-refractivity contribution in [2.45, 2.75) is 26.8 Å². The summed E-state index contributed by atoms with van der Waals surface area (Å²) in [5.41, 5.74) is 0. The average Bonchev–Trinajstić information content (AvgIpc) is 2.42. The van der Waals surface area contributed by atoms with Crippen LogP contribution >= 0.6 is 23.2 Å². The molecule has 1 aliphatic rings. The Labute approximate surface area is 131 Å². The quantitative estimate of drug-likeness (QED) is 0.923. The molecular weight excluding hydrogens is 295 g/mol. The van der Waals surface area contributed by atoms with Gasteiger partial charge in [-0.2, -0.15) is 0 Å². The first-order chi connectivity index (χ1) is 9.56. The number of aromatic nitrogens is 1. The zero-order valence-electron chi connectivity index (χ0n) is 12.3. The Morgan fingerprint density at radius 2 is 2.05 bits per heavy atom. The maximum Gasteiger partial charge on any atom is 0.150 e. The van der Waals surface area contributed by atoms with Crippen LogP contribution in [0.15, 0.2) is 6.07 Å². The van der Waals surface area contributed by atoms with E-state index in [0.717, 1.165) is 38.5 Å². The molecule has 1 aliphatic heterocycles. The zero-order valence-corrected chi connectivity index (χ0v) is 13.8. The molecule has 20 heavy (non-hydrogen) atoms. The van der Waals surface area contributed by atoms with E-state index in [1.165, 1.54) is 0 Å². The zero-order chi connectivity index (χ0) is 14.7. The molecule has 0 spiro atoms. The van der Waals surface area contributed by atoms with E-state index in [1.807, 2.05) is 6.92 Å². The van der Waals surface area contributed by atoms with E-state index in [4.69, 9.17) is 23.2 Å². The average molecular weight is 317 g/mol. The number of pyridine rings is 1. The number of nitrogens with zero attached hydrogens (tertiary/aromatic N) is 3. The fourth-order valence-corrected chi connectivity index (χ4v) is 3.17. The van der Waals surface area contributed by atoms with Gasteiger partial charge in [-0.15, -0.1) is 0 Å². The molecule has 0 saturated carbocycles. The monoisotopic (exact) mass is 316 g/mol. The first-order valence-corrected chi connectivity index (χ1v) is 7.91. The second kappa shape index (κ2) is 6.83. The molecule has 1 fully saturated rings.